The summed E-state index contributed by atoms with van der Waals surface area (Å²) in [6, 6.07) is 0. The van der Waals surface area contributed by atoms with E-state index in [4.69, 9.17) is 4.74 Å². The molecule has 2 nitrogen and oxygen atoms in total. The number of hydrogen-bond acceptors (Lipinski definition) is 3. The van der Waals surface area contributed by atoms with E-state index >= 15 is 0 Å². The Kier molecular flexibility index (Phi) is 3.85. The predicted molar refractivity (Wildman–Crippen MR) is 55.8 cm³/mol. The van der Waals surface area contributed by atoms with Crippen LogP contribution < -0.4 is 0 Å². The fourth-order valence-electron chi connectivity index (χ4n) is 1.58. The topological polar surface area (TPSA) is 26.3 Å². The van der Waals surface area contributed by atoms with Crippen LogP contribution in [0.1, 0.15) is 20.3 Å². The monoisotopic (exact) mass is 200 g/mol. The van der Waals surface area contributed by atoms with E-state index < -0.39 is 0 Å². The average molecular weight is 200 g/mol. The summed E-state index contributed by atoms with van der Waals surface area (Å²) in [6.07, 6.45) is 5.69. The molecule has 0 aromatic carbocycles. The van der Waals surface area contributed by atoms with Gasteiger partial charge in [-0.15, -0.1) is 0 Å². The highest BCUT2D eigenvalue weighted by atomic mass is 32.2. The third-order valence-corrected chi connectivity index (χ3v) is 3.60. The Labute approximate surface area is 83.7 Å². The first kappa shape index (κ1) is 10.6. The van der Waals surface area contributed by atoms with Gasteiger partial charge in [0.1, 0.15) is 6.10 Å². The molecule has 1 aliphatic heterocycles. The number of carbonyl (C=O) groups excluding carboxylic acids is 1. The summed E-state index contributed by atoms with van der Waals surface area (Å²) in [5.41, 5.74) is 0. The average Bonchev–Trinajstić information content (AvgIpc) is 2.04. The third-order valence-electron chi connectivity index (χ3n) is 2.21. The Balaban J connectivity index is 2.60. The molecule has 0 saturated carbocycles. The van der Waals surface area contributed by atoms with Crippen molar-refractivity contribution in [2.75, 3.05) is 6.26 Å². The molecule has 0 bridgehead atoms. The number of ketones is 1. The van der Waals surface area contributed by atoms with Crippen molar-refractivity contribution in [3.8, 4) is 0 Å². The second-order valence-electron chi connectivity index (χ2n) is 3.59. The highest BCUT2D eigenvalue weighted by Crippen LogP contribution is 2.26. The Bertz CT molecular complexity index is 211. The van der Waals surface area contributed by atoms with Gasteiger partial charge in [-0.1, -0.05) is 13.8 Å². The lowest BCUT2D eigenvalue weighted by Gasteiger charge is -2.29. The molecule has 0 fully saturated rings. The van der Waals surface area contributed by atoms with Gasteiger partial charge in [0.05, 0.1) is 6.26 Å². The number of rotatable bonds is 3. The van der Waals surface area contributed by atoms with Crippen LogP contribution in [-0.4, -0.2) is 23.4 Å². The van der Waals surface area contributed by atoms with Crippen LogP contribution in [0.25, 0.3) is 0 Å². The van der Waals surface area contributed by atoms with Crippen LogP contribution in [-0.2, 0) is 9.53 Å². The molecule has 0 saturated heterocycles. The van der Waals surface area contributed by atoms with Crippen molar-refractivity contribution < 1.29 is 9.53 Å². The van der Waals surface area contributed by atoms with Gasteiger partial charge in [-0.3, -0.25) is 4.79 Å². The van der Waals surface area contributed by atoms with Gasteiger partial charge in [0.15, 0.2) is 5.78 Å². The van der Waals surface area contributed by atoms with E-state index in [2.05, 4.69) is 20.1 Å². The normalized spacial score (nSPS) is 24.6. The molecule has 0 aromatic rings. The Morgan fingerprint density at radius 1 is 1.62 bits per heavy atom. The zero-order valence-electron chi connectivity index (χ0n) is 8.32. The van der Waals surface area contributed by atoms with Gasteiger partial charge in [0, 0.05) is 17.7 Å². The van der Waals surface area contributed by atoms with Gasteiger partial charge in [0.2, 0.25) is 0 Å². The molecule has 1 heterocycles. The fraction of sp³-hybridized carbons (Fsp3) is 0.700. The van der Waals surface area contributed by atoms with Gasteiger partial charge in [-0.05, 0) is 12.2 Å². The van der Waals surface area contributed by atoms with Crippen LogP contribution in [0.3, 0.4) is 0 Å². The standard InChI is InChI=1S/C10H16O2S/c1-7(2)10(13-3)9-6-8(11)4-5-12-9/h4-5,7,9-10H,6H2,1-3H3/t9-,10-/m0/s1. The van der Waals surface area contributed by atoms with Gasteiger partial charge in [-0.2, -0.15) is 11.8 Å². The number of hydrogen-bond donors (Lipinski definition) is 0. The predicted octanol–water partition coefficient (Wildman–Crippen LogP) is 2.25. The van der Waals surface area contributed by atoms with Crippen molar-refractivity contribution in [1.29, 1.82) is 0 Å². The molecule has 0 radical (unpaired) electrons. The largest absolute Gasteiger partial charge is 0.496 e. The first-order valence-electron chi connectivity index (χ1n) is 4.52. The maximum Gasteiger partial charge on any atom is 0.162 e. The lowest BCUT2D eigenvalue weighted by atomic mass is 10.00. The van der Waals surface area contributed by atoms with E-state index in [-0.39, 0.29) is 11.9 Å². The van der Waals surface area contributed by atoms with Crippen molar-refractivity contribution in [2.45, 2.75) is 31.6 Å². The molecule has 0 aromatic heterocycles. The number of carbonyl (C=O) groups is 1. The van der Waals surface area contributed by atoms with E-state index in [0.717, 1.165) is 0 Å². The van der Waals surface area contributed by atoms with Gasteiger partial charge < -0.3 is 4.74 Å². The Morgan fingerprint density at radius 3 is 2.77 bits per heavy atom. The number of thioether (sulfide) groups is 1. The van der Waals surface area contributed by atoms with Crippen LogP contribution >= 0.6 is 11.8 Å². The SMILES string of the molecule is CS[C@@H](C(C)C)[C@@H]1CC(=O)C=CO1. The molecule has 0 aliphatic carbocycles. The molecule has 74 valence electrons. The molecule has 0 N–H and O–H groups in total. The number of allylic oxidation sites excluding steroid dienone is 1. The van der Waals surface area contributed by atoms with E-state index in [9.17, 15) is 4.79 Å². The molecule has 1 rings (SSSR count). The smallest absolute Gasteiger partial charge is 0.162 e. The van der Waals surface area contributed by atoms with Crippen molar-refractivity contribution in [1.82, 2.24) is 0 Å². The zero-order chi connectivity index (χ0) is 9.84. The van der Waals surface area contributed by atoms with Crippen molar-refractivity contribution >= 4 is 17.5 Å². The first-order chi connectivity index (χ1) is 6.15. The molecule has 13 heavy (non-hydrogen) atoms. The summed E-state index contributed by atoms with van der Waals surface area (Å²) >= 11 is 1.78. The van der Waals surface area contributed by atoms with Crippen LogP contribution in [0, 0.1) is 5.92 Å². The molecule has 0 amide bonds. The highest BCUT2D eigenvalue weighted by molar-refractivity contribution is 7.99. The fourth-order valence-corrected chi connectivity index (χ4v) is 2.59. The molecular weight excluding hydrogens is 184 g/mol. The Morgan fingerprint density at radius 2 is 2.31 bits per heavy atom. The van der Waals surface area contributed by atoms with Crippen LogP contribution in [0.5, 0.6) is 0 Å². The molecule has 0 unspecified atom stereocenters. The van der Waals surface area contributed by atoms with Crippen molar-refractivity contribution in [3.05, 3.63) is 12.3 Å². The molecule has 1 aliphatic rings. The van der Waals surface area contributed by atoms with E-state index in [1.165, 1.54) is 12.3 Å². The van der Waals surface area contributed by atoms with Crippen LogP contribution in [0.2, 0.25) is 0 Å². The molecule has 0 spiro atoms. The first-order valence-corrected chi connectivity index (χ1v) is 5.81. The van der Waals surface area contributed by atoms with Crippen molar-refractivity contribution in [2.24, 2.45) is 5.92 Å². The summed E-state index contributed by atoms with van der Waals surface area (Å²) in [7, 11) is 0. The lowest BCUT2D eigenvalue weighted by Crippen LogP contribution is -2.33. The summed E-state index contributed by atoms with van der Waals surface area (Å²) in [5.74, 6) is 0.718. The Hall–Kier alpha value is -0.440. The zero-order valence-corrected chi connectivity index (χ0v) is 9.14. The maximum atomic E-state index is 11.1. The minimum Gasteiger partial charge on any atom is -0.496 e. The second-order valence-corrected chi connectivity index (χ2v) is 4.61. The van der Waals surface area contributed by atoms with E-state index in [0.29, 0.717) is 17.6 Å². The number of ether oxygens (including phenoxy) is 1. The van der Waals surface area contributed by atoms with Gasteiger partial charge in [0.25, 0.3) is 0 Å². The highest BCUT2D eigenvalue weighted by Gasteiger charge is 2.28. The quantitative estimate of drug-likeness (QED) is 0.699. The summed E-state index contributed by atoms with van der Waals surface area (Å²) in [6.45, 7) is 4.32. The minimum absolute atomic E-state index is 0.0625. The molecule has 2 atom stereocenters. The minimum atomic E-state index is 0.0625. The second kappa shape index (κ2) is 4.70. The lowest BCUT2D eigenvalue weighted by molar-refractivity contribution is -0.118. The maximum absolute atomic E-state index is 11.1. The third kappa shape index (κ3) is 2.76. The van der Waals surface area contributed by atoms with Gasteiger partial charge >= 0.3 is 0 Å². The molecule has 3 heteroatoms. The van der Waals surface area contributed by atoms with Gasteiger partial charge in [-0.25, -0.2) is 0 Å². The van der Waals surface area contributed by atoms with E-state index in [1.54, 1.807) is 11.8 Å². The van der Waals surface area contributed by atoms with Crippen molar-refractivity contribution in [3.63, 3.8) is 0 Å². The summed E-state index contributed by atoms with van der Waals surface area (Å²) in [4.78, 5) is 11.1. The van der Waals surface area contributed by atoms with Crippen LogP contribution in [0.15, 0.2) is 12.3 Å². The summed E-state index contributed by atoms with van der Waals surface area (Å²) < 4.78 is 5.44. The van der Waals surface area contributed by atoms with E-state index in [1.807, 2.05) is 0 Å². The molecular formula is C10H16O2S. The van der Waals surface area contributed by atoms with Crippen LogP contribution in [0.4, 0.5) is 0 Å². The summed E-state index contributed by atoms with van der Waals surface area (Å²) in [5, 5.41) is 0.411.